The van der Waals surface area contributed by atoms with Crippen LogP contribution in [0.1, 0.15) is 37.1 Å². The Morgan fingerprint density at radius 2 is 2.00 bits per heavy atom. The van der Waals surface area contributed by atoms with Gasteiger partial charge in [-0.3, -0.25) is 4.79 Å². The van der Waals surface area contributed by atoms with E-state index >= 15 is 0 Å². The number of anilines is 1. The summed E-state index contributed by atoms with van der Waals surface area (Å²) in [6.45, 7) is 7.73. The lowest BCUT2D eigenvalue weighted by atomic mass is 10.1. The number of rotatable bonds is 4. The minimum atomic E-state index is -0.135. The molecule has 2 aliphatic heterocycles. The number of hydrogen-bond acceptors (Lipinski definition) is 6. The molecule has 8 nitrogen and oxygen atoms in total. The third-order valence-corrected chi connectivity index (χ3v) is 7.17. The van der Waals surface area contributed by atoms with Crippen molar-refractivity contribution in [1.82, 2.24) is 30.0 Å². The summed E-state index contributed by atoms with van der Waals surface area (Å²) in [5, 5.41) is 9.21. The average Bonchev–Trinajstić information content (AvgIpc) is 3.47. The van der Waals surface area contributed by atoms with Crippen LogP contribution in [-0.2, 0) is 4.79 Å². The van der Waals surface area contributed by atoms with Crippen molar-refractivity contribution in [3.63, 3.8) is 0 Å². The minimum Gasteiger partial charge on any atom is -0.352 e. The van der Waals surface area contributed by atoms with E-state index in [1.54, 1.807) is 12.3 Å². The van der Waals surface area contributed by atoms with Crippen LogP contribution in [0.2, 0.25) is 10.0 Å². The van der Waals surface area contributed by atoms with E-state index in [1.807, 2.05) is 35.6 Å². The molecular formula is C23H27Cl2N7O. The van der Waals surface area contributed by atoms with Crippen LogP contribution in [0.15, 0.2) is 24.4 Å². The highest BCUT2D eigenvalue weighted by molar-refractivity contribution is 6.35. The number of carbonyl (C=O) groups excluding carboxylic acids is 1. The number of aromatic nitrogens is 4. The molecule has 1 aromatic carbocycles. The monoisotopic (exact) mass is 487 g/mol. The molecular weight excluding hydrogens is 461 g/mol. The number of halogens is 2. The van der Waals surface area contributed by atoms with Gasteiger partial charge in [-0.1, -0.05) is 29.3 Å². The van der Waals surface area contributed by atoms with Gasteiger partial charge in [-0.2, -0.15) is 5.10 Å². The van der Waals surface area contributed by atoms with Gasteiger partial charge in [0, 0.05) is 36.2 Å². The number of aryl methyl sites for hydroxylation is 1. The first-order chi connectivity index (χ1) is 15.9. The van der Waals surface area contributed by atoms with E-state index in [9.17, 15) is 4.79 Å². The van der Waals surface area contributed by atoms with Crippen LogP contribution >= 0.6 is 23.2 Å². The highest BCUT2D eigenvalue weighted by Gasteiger charge is 2.30. The maximum absolute atomic E-state index is 12.7. The van der Waals surface area contributed by atoms with Crippen molar-refractivity contribution in [1.29, 1.82) is 0 Å². The fraction of sp³-hybridized carbons (Fsp3) is 0.478. The molecule has 2 atom stereocenters. The Hall–Kier alpha value is -2.42. The molecule has 0 bridgehead atoms. The molecule has 33 heavy (non-hydrogen) atoms. The highest BCUT2D eigenvalue weighted by atomic mass is 35.5. The minimum absolute atomic E-state index is 0.0220. The van der Waals surface area contributed by atoms with Gasteiger partial charge in [-0.05, 0) is 50.9 Å². The van der Waals surface area contributed by atoms with Gasteiger partial charge < -0.3 is 15.1 Å². The fourth-order valence-corrected chi connectivity index (χ4v) is 5.27. The van der Waals surface area contributed by atoms with Gasteiger partial charge >= 0.3 is 0 Å². The SMILES string of the molecule is Cc1nn(C(C)c2ccc(Cl)cc2Cl)c2nc(N3CCN(C(=O)C4CCCN4)CC3)cnc12. The van der Waals surface area contributed by atoms with Crippen LogP contribution < -0.4 is 10.2 Å². The first-order valence-electron chi connectivity index (χ1n) is 11.4. The molecule has 2 fully saturated rings. The van der Waals surface area contributed by atoms with E-state index in [0.29, 0.717) is 23.1 Å². The van der Waals surface area contributed by atoms with Crippen molar-refractivity contribution in [2.75, 3.05) is 37.6 Å². The summed E-state index contributed by atoms with van der Waals surface area (Å²) < 4.78 is 1.88. The number of piperazine rings is 1. The van der Waals surface area contributed by atoms with Crippen molar-refractivity contribution < 1.29 is 4.79 Å². The zero-order valence-electron chi connectivity index (χ0n) is 18.8. The Kier molecular flexibility index (Phi) is 6.16. The normalized spacial score (nSPS) is 19.9. The van der Waals surface area contributed by atoms with E-state index in [2.05, 4.69) is 15.2 Å². The topological polar surface area (TPSA) is 79.2 Å². The Labute approximate surface area is 202 Å². The van der Waals surface area contributed by atoms with Crippen LogP contribution in [-0.4, -0.2) is 69.3 Å². The van der Waals surface area contributed by atoms with Crippen molar-refractivity contribution in [3.05, 3.63) is 45.7 Å². The summed E-state index contributed by atoms with van der Waals surface area (Å²) in [6.07, 6.45) is 3.80. The number of nitrogens with one attached hydrogen (secondary N) is 1. The van der Waals surface area contributed by atoms with E-state index in [1.165, 1.54) is 0 Å². The third-order valence-electron chi connectivity index (χ3n) is 6.61. The zero-order chi connectivity index (χ0) is 23.1. The number of amides is 1. The summed E-state index contributed by atoms with van der Waals surface area (Å²) in [4.78, 5) is 26.5. The molecule has 2 unspecified atom stereocenters. The van der Waals surface area contributed by atoms with Crippen molar-refractivity contribution in [2.45, 2.75) is 38.8 Å². The number of benzene rings is 1. The van der Waals surface area contributed by atoms with Gasteiger partial charge in [0.25, 0.3) is 0 Å². The van der Waals surface area contributed by atoms with Gasteiger partial charge in [-0.15, -0.1) is 0 Å². The second-order valence-corrected chi connectivity index (χ2v) is 9.58. The molecule has 0 spiro atoms. The summed E-state index contributed by atoms with van der Waals surface area (Å²) in [5.74, 6) is 1.01. The Balaban J connectivity index is 1.38. The van der Waals surface area contributed by atoms with Crippen molar-refractivity contribution >= 4 is 46.1 Å². The largest absolute Gasteiger partial charge is 0.352 e. The Morgan fingerprint density at radius 1 is 1.21 bits per heavy atom. The number of carbonyl (C=O) groups is 1. The number of hydrogen-bond donors (Lipinski definition) is 1. The number of fused-ring (bicyclic) bond motifs is 1. The predicted octanol–water partition coefficient (Wildman–Crippen LogP) is 3.45. The van der Waals surface area contributed by atoms with Crippen LogP contribution in [0.25, 0.3) is 11.2 Å². The predicted molar refractivity (Wildman–Crippen MR) is 130 cm³/mol. The standard InChI is InChI=1S/C23H27Cl2N7O/c1-14-21-22(32(29-14)15(2)17-6-5-16(24)12-18(17)25)28-20(13-27-21)30-8-10-31(11-9-30)23(33)19-4-3-7-26-19/h5-6,12-13,15,19,26H,3-4,7-11H2,1-2H3. The first-order valence-corrected chi connectivity index (χ1v) is 12.1. The van der Waals surface area contributed by atoms with Gasteiger partial charge in [0.1, 0.15) is 11.3 Å². The molecule has 5 rings (SSSR count). The summed E-state index contributed by atoms with van der Waals surface area (Å²) in [7, 11) is 0. The van der Waals surface area contributed by atoms with Crippen LogP contribution in [0, 0.1) is 6.92 Å². The lowest BCUT2D eigenvalue weighted by molar-refractivity contribution is -0.133. The smallest absolute Gasteiger partial charge is 0.239 e. The van der Waals surface area contributed by atoms with Crippen molar-refractivity contribution in [3.8, 4) is 0 Å². The first kappa shape index (κ1) is 22.4. The fourth-order valence-electron chi connectivity index (χ4n) is 4.71. The van der Waals surface area contributed by atoms with E-state index < -0.39 is 0 Å². The van der Waals surface area contributed by atoms with Gasteiger partial charge in [-0.25, -0.2) is 14.6 Å². The third kappa shape index (κ3) is 4.27. The molecule has 1 amide bonds. The van der Waals surface area contributed by atoms with Crippen molar-refractivity contribution in [2.24, 2.45) is 0 Å². The maximum Gasteiger partial charge on any atom is 0.239 e. The Morgan fingerprint density at radius 3 is 2.70 bits per heavy atom. The number of nitrogens with zero attached hydrogens (tertiary/aromatic N) is 6. The quantitative estimate of drug-likeness (QED) is 0.606. The molecule has 2 saturated heterocycles. The molecule has 0 saturated carbocycles. The summed E-state index contributed by atoms with van der Waals surface area (Å²) in [6, 6.07) is 5.34. The molecule has 4 heterocycles. The molecule has 174 valence electrons. The van der Waals surface area contributed by atoms with E-state index in [-0.39, 0.29) is 18.0 Å². The van der Waals surface area contributed by atoms with Crippen LogP contribution in [0.4, 0.5) is 5.82 Å². The summed E-state index contributed by atoms with van der Waals surface area (Å²) in [5.41, 5.74) is 3.24. The molecule has 10 heteroatoms. The zero-order valence-corrected chi connectivity index (χ0v) is 20.3. The van der Waals surface area contributed by atoms with Crippen LogP contribution in [0.3, 0.4) is 0 Å². The van der Waals surface area contributed by atoms with Gasteiger partial charge in [0.15, 0.2) is 5.65 Å². The molecule has 0 radical (unpaired) electrons. The average molecular weight is 488 g/mol. The maximum atomic E-state index is 12.7. The van der Waals surface area contributed by atoms with Gasteiger partial charge in [0.05, 0.1) is 24.0 Å². The molecule has 2 aliphatic rings. The lowest BCUT2D eigenvalue weighted by Gasteiger charge is -2.36. The van der Waals surface area contributed by atoms with Crippen LogP contribution in [0.5, 0.6) is 0 Å². The Bertz CT molecular complexity index is 1180. The van der Waals surface area contributed by atoms with E-state index in [4.69, 9.17) is 33.3 Å². The molecule has 2 aromatic heterocycles. The molecule has 3 aromatic rings. The highest BCUT2D eigenvalue weighted by Crippen LogP contribution is 2.31. The second-order valence-electron chi connectivity index (χ2n) is 8.73. The van der Waals surface area contributed by atoms with Gasteiger partial charge in [0.2, 0.25) is 5.91 Å². The molecule has 0 aliphatic carbocycles. The molecule has 1 N–H and O–H groups in total. The second kappa shape index (κ2) is 9.08. The lowest BCUT2D eigenvalue weighted by Crippen LogP contribution is -2.53. The summed E-state index contributed by atoms with van der Waals surface area (Å²) >= 11 is 12.5. The van der Waals surface area contributed by atoms with E-state index in [0.717, 1.165) is 60.7 Å².